The Morgan fingerprint density at radius 3 is 2.80 bits per heavy atom. The van der Waals surface area contributed by atoms with Crippen molar-refractivity contribution in [3.05, 3.63) is 16.9 Å². The van der Waals surface area contributed by atoms with E-state index in [2.05, 4.69) is 26.3 Å². The van der Waals surface area contributed by atoms with Gasteiger partial charge >= 0.3 is 0 Å². The quantitative estimate of drug-likeness (QED) is 0.928. The first kappa shape index (κ1) is 13.0. The molecule has 0 aromatic carbocycles. The van der Waals surface area contributed by atoms with Gasteiger partial charge in [0.15, 0.2) is 0 Å². The summed E-state index contributed by atoms with van der Waals surface area (Å²) in [6, 6.07) is 0. The molecule has 0 saturated carbocycles. The summed E-state index contributed by atoms with van der Waals surface area (Å²) in [7, 11) is 0. The number of hydrogen-bond acceptors (Lipinski definition) is 2. The molecule has 2 heterocycles. The highest BCUT2D eigenvalue weighted by molar-refractivity contribution is 9.10. The van der Waals surface area contributed by atoms with E-state index in [9.17, 15) is 0 Å². The highest BCUT2D eigenvalue weighted by atomic mass is 79.9. The third kappa shape index (κ3) is 4.13. The van der Waals surface area contributed by atoms with E-state index >= 15 is 0 Å². The summed E-state index contributed by atoms with van der Waals surface area (Å²) < 4.78 is 3.09. The van der Waals surface area contributed by atoms with E-state index in [0.29, 0.717) is 0 Å². The highest BCUT2D eigenvalue weighted by Gasteiger charge is 2.12. The maximum absolute atomic E-state index is 4.25. The van der Waals surface area contributed by atoms with Crippen LogP contribution < -0.4 is 5.32 Å². The first-order chi connectivity index (χ1) is 6.84. The Morgan fingerprint density at radius 1 is 1.47 bits per heavy atom. The van der Waals surface area contributed by atoms with Crippen molar-refractivity contribution in [2.75, 3.05) is 13.1 Å². The average molecular weight is 295 g/mol. The molecular formula is C10H17BrClN3. The third-order valence-electron chi connectivity index (χ3n) is 2.83. The van der Waals surface area contributed by atoms with E-state index in [1.807, 2.05) is 17.1 Å². The zero-order chi connectivity index (χ0) is 9.80. The summed E-state index contributed by atoms with van der Waals surface area (Å²) in [5.74, 6) is 0.888. The second-order valence-corrected chi connectivity index (χ2v) is 4.82. The van der Waals surface area contributed by atoms with Crippen molar-refractivity contribution < 1.29 is 0 Å². The van der Waals surface area contributed by atoms with Gasteiger partial charge in [-0.05, 0) is 54.2 Å². The number of rotatable bonds is 3. The third-order valence-corrected chi connectivity index (χ3v) is 3.24. The van der Waals surface area contributed by atoms with Crippen LogP contribution in [0.4, 0.5) is 0 Å². The van der Waals surface area contributed by atoms with E-state index in [1.54, 1.807) is 0 Å². The van der Waals surface area contributed by atoms with Crippen molar-refractivity contribution in [1.29, 1.82) is 0 Å². The Balaban J connectivity index is 0.00000112. The molecule has 0 spiro atoms. The smallest absolute Gasteiger partial charge is 0.0632 e. The molecule has 0 aliphatic carbocycles. The van der Waals surface area contributed by atoms with Crippen molar-refractivity contribution in [2.45, 2.75) is 25.8 Å². The summed E-state index contributed by atoms with van der Waals surface area (Å²) in [6.07, 6.45) is 7.80. The van der Waals surface area contributed by atoms with Crippen LogP contribution in [0.1, 0.15) is 19.3 Å². The van der Waals surface area contributed by atoms with E-state index in [-0.39, 0.29) is 12.4 Å². The Labute approximate surface area is 105 Å². The van der Waals surface area contributed by atoms with Crippen LogP contribution in [0.5, 0.6) is 0 Å². The maximum Gasteiger partial charge on any atom is 0.0632 e. The van der Waals surface area contributed by atoms with Gasteiger partial charge in [-0.1, -0.05) is 0 Å². The van der Waals surface area contributed by atoms with Gasteiger partial charge in [0.25, 0.3) is 0 Å². The van der Waals surface area contributed by atoms with Crippen LogP contribution in [0.2, 0.25) is 0 Å². The molecule has 1 N–H and O–H groups in total. The molecule has 3 nitrogen and oxygen atoms in total. The van der Waals surface area contributed by atoms with Gasteiger partial charge in [-0.25, -0.2) is 0 Å². The van der Waals surface area contributed by atoms with Gasteiger partial charge in [0.2, 0.25) is 0 Å². The second kappa shape index (κ2) is 6.51. The van der Waals surface area contributed by atoms with Gasteiger partial charge in [-0.2, -0.15) is 5.10 Å². The normalized spacial score (nSPS) is 17.4. The van der Waals surface area contributed by atoms with Crippen LogP contribution in [0.3, 0.4) is 0 Å². The van der Waals surface area contributed by atoms with Crippen LogP contribution >= 0.6 is 28.3 Å². The number of nitrogens with zero attached hydrogens (tertiary/aromatic N) is 2. The Kier molecular flexibility index (Phi) is 5.64. The first-order valence-corrected chi connectivity index (χ1v) is 6.02. The van der Waals surface area contributed by atoms with Crippen molar-refractivity contribution in [2.24, 2.45) is 5.92 Å². The summed E-state index contributed by atoms with van der Waals surface area (Å²) in [5.41, 5.74) is 0. The standard InChI is InChI=1S/C10H16BrN3.ClH/c11-10-7-13-14(8-10)6-3-9-1-4-12-5-2-9;/h7-9,12H,1-6H2;1H. The van der Waals surface area contributed by atoms with Gasteiger partial charge in [-0.3, -0.25) is 4.68 Å². The van der Waals surface area contributed by atoms with Crippen molar-refractivity contribution in [3.63, 3.8) is 0 Å². The fraction of sp³-hybridized carbons (Fsp3) is 0.700. The minimum absolute atomic E-state index is 0. The number of nitrogens with one attached hydrogen (secondary N) is 1. The second-order valence-electron chi connectivity index (χ2n) is 3.90. The largest absolute Gasteiger partial charge is 0.317 e. The summed E-state index contributed by atoms with van der Waals surface area (Å²) >= 11 is 3.40. The van der Waals surface area contributed by atoms with Crippen LogP contribution in [-0.2, 0) is 6.54 Å². The molecule has 1 aliphatic rings. The molecule has 0 amide bonds. The lowest BCUT2D eigenvalue weighted by atomic mass is 9.95. The van der Waals surface area contributed by atoms with Crippen molar-refractivity contribution >= 4 is 28.3 Å². The first-order valence-electron chi connectivity index (χ1n) is 5.23. The minimum atomic E-state index is 0. The number of hydrogen-bond donors (Lipinski definition) is 1. The topological polar surface area (TPSA) is 29.9 Å². The lowest BCUT2D eigenvalue weighted by Crippen LogP contribution is -2.28. The van der Waals surface area contributed by atoms with E-state index in [1.165, 1.54) is 32.4 Å². The van der Waals surface area contributed by atoms with Gasteiger partial charge in [0.05, 0.1) is 10.7 Å². The van der Waals surface area contributed by atoms with Crippen LogP contribution in [0.25, 0.3) is 0 Å². The molecule has 86 valence electrons. The zero-order valence-corrected chi connectivity index (χ0v) is 11.1. The van der Waals surface area contributed by atoms with Gasteiger partial charge in [-0.15, -0.1) is 12.4 Å². The molecule has 1 aromatic heterocycles. The Morgan fingerprint density at radius 2 is 2.20 bits per heavy atom. The Bertz CT molecular complexity index is 284. The van der Waals surface area contributed by atoms with Gasteiger partial charge in [0, 0.05) is 12.7 Å². The maximum atomic E-state index is 4.25. The number of halogens is 2. The fourth-order valence-electron chi connectivity index (χ4n) is 1.95. The minimum Gasteiger partial charge on any atom is -0.317 e. The summed E-state index contributed by atoms with van der Waals surface area (Å²) in [4.78, 5) is 0. The molecule has 15 heavy (non-hydrogen) atoms. The molecule has 0 atom stereocenters. The number of piperidine rings is 1. The monoisotopic (exact) mass is 293 g/mol. The van der Waals surface area contributed by atoms with Crippen LogP contribution in [-0.4, -0.2) is 22.9 Å². The molecule has 0 radical (unpaired) electrons. The molecule has 2 rings (SSSR count). The molecule has 0 unspecified atom stereocenters. The Hall–Kier alpha value is -0.0600. The number of aryl methyl sites for hydroxylation is 1. The van der Waals surface area contributed by atoms with Gasteiger partial charge in [0.1, 0.15) is 0 Å². The molecule has 1 saturated heterocycles. The van der Waals surface area contributed by atoms with Crippen LogP contribution in [0, 0.1) is 5.92 Å². The molecule has 0 bridgehead atoms. The fourth-order valence-corrected chi connectivity index (χ4v) is 2.27. The zero-order valence-electron chi connectivity index (χ0n) is 8.66. The predicted molar refractivity (Wildman–Crippen MR) is 67.4 cm³/mol. The SMILES string of the molecule is Brc1cnn(CCC2CCNCC2)c1.Cl. The van der Waals surface area contributed by atoms with Crippen molar-refractivity contribution in [1.82, 2.24) is 15.1 Å². The lowest BCUT2D eigenvalue weighted by Gasteiger charge is -2.22. The summed E-state index contributed by atoms with van der Waals surface area (Å²) in [5, 5.41) is 7.64. The molecular weight excluding hydrogens is 277 g/mol. The van der Waals surface area contributed by atoms with Crippen molar-refractivity contribution in [3.8, 4) is 0 Å². The number of aromatic nitrogens is 2. The molecule has 1 aromatic rings. The molecule has 5 heteroatoms. The molecule has 1 aliphatic heterocycles. The highest BCUT2D eigenvalue weighted by Crippen LogP contribution is 2.17. The van der Waals surface area contributed by atoms with Crippen LogP contribution in [0.15, 0.2) is 16.9 Å². The van der Waals surface area contributed by atoms with Gasteiger partial charge < -0.3 is 5.32 Å². The predicted octanol–water partition coefficient (Wildman–Crippen LogP) is 2.46. The molecule has 1 fully saturated rings. The van der Waals surface area contributed by atoms with E-state index in [4.69, 9.17) is 0 Å². The average Bonchev–Trinajstić information content (AvgIpc) is 2.63. The van der Waals surface area contributed by atoms with E-state index in [0.717, 1.165) is 16.9 Å². The lowest BCUT2D eigenvalue weighted by molar-refractivity contribution is 0.332. The summed E-state index contributed by atoms with van der Waals surface area (Å²) in [6.45, 7) is 3.43. The van der Waals surface area contributed by atoms with E-state index < -0.39 is 0 Å².